The molecule has 1 aliphatic carbocycles. The zero-order valence-electron chi connectivity index (χ0n) is 28.3. The molecule has 6 rings (SSSR count). The van der Waals surface area contributed by atoms with Gasteiger partial charge in [0.25, 0.3) is 5.56 Å². The summed E-state index contributed by atoms with van der Waals surface area (Å²) >= 11 is 0. The maximum atomic E-state index is 14.2. The summed E-state index contributed by atoms with van der Waals surface area (Å²) in [5.41, 5.74) is 2.12. The minimum absolute atomic E-state index is 0. The molecule has 5 aromatic rings. The second-order valence-electron chi connectivity index (χ2n) is 11.9. The molecular weight excluding hydrogens is 699 g/mol. The summed E-state index contributed by atoms with van der Waals surface area (Å²) in [7, 11) is -9.96. The average molecular weight is 731 g/mol. The van der Waals surface area contributed by atoms with Gasteiger partial charge in [-0.15, -0.1) is 0 Å². The Morgan fingerprint density at radius 3 is 1.82 bits per heavy atom. The molecule has 0 unspecified atom stereocenters. The molecule has 0 saturated heterocycles. The standard InChI is InChI=1S/C36H34N2O8S2.2Na/c1-3-5-9-22-13-15-27(31(19-22)47(41,42)43)37-28-16-18-30-34-26(24-11-7-8-12-25(24)36(40)35(28)34)21-33(39)38(30)29-17-14-23(10-6-4-2)20-32(29)48(44,45)46;;/h7-8,11-21,37H,3-6,9-10H2,1-2H3,(H,41,42,43)(H,44,45,46);;/q;2*+1/p-2. The molecule has 0 radical (unpaired) electrons. The van der Waals surface area contributed by atoms with E-state index < -0.39 is 41.4 Å². The maximum absolute atomic E-state index is 14.2. The van der Waals surface area contributed by atoms with Crippen molar-refractivity contribution in [2.75, 3.05) is 5.32 Å². The molecule has 4 aromatic carbocycles. The van der Waals surface area contributed by atoms with Gasteiger partial charge in [0, 0.05) is 17.0 Å². The molecule has 50 heavy (non-hydrogen) atoms. The third-order valence-electron chi connectivity index (χ3n) is 8.63. The van der Waals surface area contributed by atoms with E-state index in [1.54, 1.807) is 36.4 Å². The quantitative estimate of drug-likeness (QED) is 0.147. The first-order valence-corrected chi connectivity index (χ1v) is 18.5. The molecule has 0 saturated carbocycles. The van der Waals surface area contributed by atoms with Gasteiger partial charge in [-0.2, -0.15) is 0 Å². The smallest absolute Gasteiger partial charge is 0.744 e. The third kappa shape index (κ3) is 7.75. The van der Waals surface area contributed by atoms with Crippen LogP contribution in [0.5, 0.6) is 0 Å². The summed E-state index contributed by atoms with van der Waals surface area (Å²) in [5.74, 6) is -0.436. The van der Waals surface area contributed by atoms with E-state index in [0.29, 0.717) is 46.0 Å². The molecule has 0 fully saturated rings. The SMILES string of the molecule is CCCCc1ccc(Nc2ccc3c4c(cc(=O)n3-c3ccc(CCCC)cc3S(=O)(=O)[O-])-c3ccccc3C(=O)c24)c(S(=O)(=O)[O-])c1.[Na+].[Na+]. The van der Waals surface area contributed by atoms with Gasteiger partial charge in [0.05, 0.1) is 37.9 Å². The van der Waals surface area contributed by atoms with Crippen LogP contribution in [-0.4, -0.2) is 36.3 Å². The van der Waals surface area contributed by atoms with Crippen LogP contribution in [0.1, 0.15) is 66.6 Å². The van der Waals surface area contributed by atoms with E-state index in [0.717, 1.165) is 30.3 Å². The predicted octanol–water partition coefficient (Wildman–Crippen LogP) is 0.447. The fourth-order valence-electron chi connectivity index (χ4n) is 6.32. The van der Waals surface area contributed by atoms with E-state index in [2.05, 4.69) is 5.32 Å². The summed E-state index contributed by atoms with van der Waals surface area (Å²) in [4.78, 5) is 27.1. The number of aryl methyl sites for hydroxylation is 2. The fourth-order valence-corrected chi connectivity index (χ4v) is 7.71. The van der Waals surface area contributed by atoms with Crippen molar-refractivity contribution >= 4 is 48.3 Å². The van der Waals surface area contributed by atoms with Crippen molar-refractivity contribution in [2.45, 2.75) is 62.2 Å². The molecule has 0 spiro atoms. The van der Waals surface area contributed by atoms with E-state index in [4.69, 9.17) is 0 Å². The first-order valence-electron chi connectivity index (χ1n) is 15.7. The van der Waals surface area contributed by atoms with Crippen LogP contribution in [0, 0.1) is 0 Å². The topological polar surface area (TPSA) is 166 Å². The number of hydrogen-bond acceptors (Lipinski definition) is 9. The summed E-state index contributed by atoms with van der Waals surface area (Å²) in [6.07, 6.45) is 4.42. The van der Waals surface area contributed by atoms with Crippen LogP contribution in [-0.2, 0) is 33.1 Å². The van der Waals surface area contributed by atoms with Gasteiger partial charge in [0.2, 0.25) is 0 Å². The van der Waals surface area contributed by atoms with E-state index in [9.17, 15) is 35.5 Å². The number of anilines is 2. The first-order chi connectivity index (χ1) is 22.8. The second kappa shape index (κ2) is 16.0. The molecule has 1 N–H and O–H groups in total. The Labute approximate surface area is 335 Å². The van der Waals surface area contributed by atoms with Crippen molar-refractivity contribution in [1.82, 2.24) is 4.57 Å². The van der Waals surface area contributed by atoms with Crippen LogP contribution in [0.25, 0.3) is 27.7 Å². The molecule has 1 heterocycles. The van der Waals surface area contributed by atoms with E-state index in [1.807, 2.05) is 13.8 Å². The molecule has 0 atom stereocenters. The van der Waals surface area contributed by atoms with Gasteiger partial charge in [-0.25, -0.2) is 16.8 Å². The molecule has 1 aliphatic rings. The summed E-state index contributed by atoms with van der Waals surface area (Å²) < 4.78 is 76.0. The number of benzene rings is 4. The van der Waals surface area contributed by atoms with Crippen molar-refractivity contribution < 1.29 is 89.9 Å². The number of unbranched alkanes of at least 4 members (excludes halogenated alkanes) is 2. The predicted molar refractivity (Wildman–Crippen MR) is 181 cm³/mol. The van der Waals surface area contributed by atoms with E-state index in [-0.39, 0.29) is 87.3 Å². The Morgan fingerprint density at radius 2 is 1.22 bits per heavy atom. The fraction of sp³-hybridized carbons (Fsp3) is 0.222. The van der Waals surface area contributed by atoms with Crippen molar-refractivity contribution in [1.29, 1.82) is 0 Å². The Hall–Kier alpha value is -2.62. The number of nitrogens with one attached hydrogen (secondary N) is 1. The number of rotatable bonds is 11. The Balaban J connectivity index is 0.00000281. The minimum Gasteiger partial charge on any atom is -0.744 e. The number of fused-ring (bicyclic) bond motifs is 2. The second-order valence-corrected chi connectivity index (χ2v) is 14.6. The molecule has 0 bridgehead atoms. The van der Waals surface area contributed by atoms with Gasteiger partial charge in [0.15, 0.2) is 5.78 Å². The van der Waals surface area contributed by atoms with Crippen molar-refractivity contribution in [3.05, 3.63) is 111 Å². The van der Waals surface area contributed by atoms with Crippen LogP contribution in [0.4, 0.5) is 11.4 Å². The molecule has 0 amide bonds. The molecule has 248 valence electrons. The number of aromatic nitrogens is 1. The number of pyridine rings is 1. The van der Waals surface area contributed by atoms with Crippen LogP contribution in [0.15, 0.2) is 93.4 Å². The van der Waals surface area contributed by atoms with E-state index >= 15 is 0 Å². The molecule has 1 aromatic heterocycles. The number of carbonyl (C=O) groups excluding carboxylic acids is 1. The third-order valence-corrected chi connectivity index (χ3v) is 10.4. The zero-order valence-corrected chi connectivity index (χ0v) is 33.9. The van der Waals surface area contributed by atoms with E-state index in [1.165, 1.54) is 42.5 Å². The Morgan fingerprint density at radius 1 is 0.660 bits per heavy atom. The largest absolute Gasteiger partial charge is 1.00 e. The van der Waals surface area contributed by atoms with Gasteiger partial charge < -0.3 is 14.4 Å². The minimum atomic E-state index is -5.04. The summed E-state index contributed by atoms with van der Waals surface area (Å²) in [6.45, 7) is 3.98. The first kappa shape index (κ1) is 40.2. The Bertz CT molecular complexity index is 2410. The van der Waals surface area contributed by atoms with Gasteiger partial charge >= 0.3 is 59.1 Å². The van der Waals surface area contributed by atoms with Gasteiger partial charge in [-0.05, 0) is 84.3 Å². The van der Waals surface area contributed by atoms with Gasteiger partial charge in [-0.1, -0.05) is 63.1 Å². The maximum Gasteiger partial charge on any atom is 1.00 e. The monoisotopic (exact) mass is 730 g/mol. The number of ketones is 1. The normalized spacial score (nSPS) is 12.2. The number of carbonyl (C=O) groups is 1. The zero-order chi connectivity index (χ0) is 34.4. The van der Waals surface area contributed by atoms with Crippen molar-refractivity contribution in [3.8, 4) is 16.8 Å². The molecule has 0 aliphatic heterocycles. The molecular formula is C36H32N2Na2O8S2. The Kier molecular flexibility index (Phi) is 12.8. The average Bonchev–Trinajstić information content (AvgIpc) is 3.05. The van der Waals surface area contributed by atoms with Gasteiger partial charge in [0.1, 0.15) is 20.2 Å². The number of hydrogen-bond donors (Lipinski definition) is 1. The van der Waals surface area contributed by atoms with Crippen molar-refractivity contribution in [3.63, 3.8) is 0 Å². The molecule has 10 nitrogen and oxygen atoms in total. The number of nitrogens with zero attached hydrogens (tertiary/aromatic N) is 1. The van der Waals surface area contributed by atoms with Gasteiger partial charge in [-0.3, -0.25) is 14.2 Å². The van der Waals surface area contributed by atoms with Crippen LogP contribution in [0.2, 0.25) is 0 Å². The molecule has 14 heteroatoms. The van der Waals surface area contributed by atoms with Crippen LogP contribution >= 0.6 is 0 Å². The summed E-state index contributed by atoms with van der Waals surface area (Å²) in [6, 6.07) is 19.9. The van der Waals surface area contributed by atoms with Crippen LogP contribution < -0.4 is 70.0 Å². The summed E-state index contributed by atoms with van der Waals surface area (Å²) in [5, 5.41) is 3.29. The van der Waals surface area contributed by atoms with Crippen molar-refractivity contribution in [2.24, 2.45) is 0 Å². The van der Waals surface area contributed by atoms with Crippen LogP contribution in [0.3, 0.4) is 0 Å².